The number of ether oxygens (including phenoxy) is 1. The van der Waals surface area contributed by atoms with Gasteiger partial charge in [-0.05, 0) is 48.8 Å². The normalized spacial score (nSPS) is 20.9. The van der Waals surface area contributed by atoms with Gasteiger partial charge >= 0.3 is 0 Å². The minimum atomic E-state index is -0.771. The third kappa shape index (κ3) is 5.92. The summed E-state index contributed by atoms with van der Waals surface area (Å²) in [6.45, 7) is 8.88. The van der Waals surface area contributed by atoms with Gasteiger partial charge in [0.1, 0.15) is 5.60 Å². The van der Waals surface area contributed by atoms with Crippen LogP contribution in [0.25, 0.3) is 0 Å². The molecular formula is C25H37N5O3. The molecule has 1 spiro atoms. The Bertz CT molecular complexity index is 949. The molecule has 8 nitrogen and oxygen atoms in total. The van der Waals surface area contributed by atoms with E-state index >= 15 is 0 Å². The summed E-state index contributed by atoms with van der Waals surface area (Å²) in [4.78, 5) is 16.4. The molecule has 0 radical (unpaired) electrons. The Kier molecular flexibility index (Phi) is 6.77. The summed E-state index contributed by atoms with van der Waals surface area (Å²) in [6, 6.07) is 3.63. The number of carbonyl (C=O) groups is 1. The van der Waals surface area contributed by atoms with Crippen LogP contribution in [0.4, 0.5) is 0 Å². The number of rotatable bonds is 8. The van der Waals surface area contributed by atoms with E-state index in [0.29, 0.717) is 19.0 Å². The van der Waals surface area contributed by atoms with Crippen LogP contribution in [-0.2, 0) is 17.8 Å². The number of carbonyl (C=O) groups excluding carboxylic acids is 1. The number of amides is 1. The van der Waals surface area contributed by atoms with Crippen LogP contribution in [0.5, 0.6) is 5.88 Å². The summed E-state index contributed by atoms with van der Waals surface area (Å²) >= 11 is 0. The van der Waals surface area contributed by atoms with Gasteiger partial charge < -0.3 is 20.5 Å². The van der Waals surface area contributed by atoms with Crippen molar-refractivity contribution in [2.75, 3.05) is 6.54 Å². The molecule has 1 aliphatic carbocycles. The molecule has 1 amide bonds. The van der Waals surface area contributed by atoms with Gasteiger partial charge in [-0.25, -0.2) is 4.98 Å². The van der Waals surface area contributed by atoms with E-state index in [4.69, 9.17) is 4.74 Å². The second kappa shape index (κ2) is 9.43. The molecule has 3 N–H and O–H groups in total. The lowest BCUT2D eigenvalue weighted by atomic mass is 9.73. The van der Waals surface area contributed by atoms with Crippen molar-refractivity contribution in [3.05, 3.63) is 41.9 Å². The molecule has 1 aliphatic heterocycles. The van der Waals surface area contributed by atoms with E-state index in [0.717, 1.165) is 31.2 Å². The molecule has 0 aromatic carbocycles. The number of aliphatic hydroxyl groups excluding tert-OH is 1. The maximum atomic E-state index is 11.7. The van der Waals surface area contributed by atoms with Crippen molar-refractivity contribution in [1.82, 2.24) is 25.4 Å². The molecule has 3 heterocycles. The number of aliphatic hydroxyl groups is 1. The molecule has 4 rings (SSSR count). The van der Waals surface area contributed by atoms with E-state index in [9.17, 15) is 9.90 Å². The Labute approximate surface area is 196 Å². The van der Waals surface area contributed by atoms with Crippen LogP contribution in [0.1, 0.15) is 70.5 Å². The summed E-state index contributed by atoms with van der Waals surface area (Å²) in [7, 11) is 0. The quantitative estimate of drug-likeness (QED) is 0.566. The predicted octanol–water partition coefficient (Wildman–Crippen LogP) is 2.77. The zero-order valence-electron chi connectivity index (χ0n) is 20.2. The predicted molar refractivity (Wildman–Crippen MR) is 126 cm³/mol. The first-order valence-electron chi connectivity index (χ1n) is 12.0. The van der Waals surface area contributed by atoms with Crippen molar-refractivity contribution in [1.29, 1.82) is 0 Å². The molecule has 2 aromatic rings. The second-order valence-corrected chi connectivity index (χ2v) is 10.9. The van der Waals surface area contributed by atoms with E-state index in [2.05, 4.69) is 47.6 Å². The zero-order chi connectivity index (χ0) is 23.6. The van der Waals surface area contributed by atoms with Gasteiger partial charge in [0.25, 0.3) is 0 Å². The number of hydrogen-bond acceptors (Lipinski definition) is 6. The largest absolute Gasteiger partial charge is 0.471 e. The van der Waals surface area contributed by atoms with E-state index in [1.807, 2.05) is 18.5 Å². The van der Waals surface area contributed by atoms with Crippen molar-refractivity contribution in [3.63, 3.8) is 0 Å². The molecular weight excluding hydrogens is 418 g/mol. The van der Waals surface area contributed by atoms with E-state index in [-0.39, 0.29) is 23.0 Å². The van der Waals surface area contributed by atoms with Crippen LogP contribution in [0.2, 0.25) is 0 Å². The van der Waals surface area contributed by atoms with Crippen LogP contribution < -0.4 is 15.4 Å². The highest BCUT2D eigenvalue weighted by Gasteiger charge is 2.46. The Morgan fingerprint density at radius 1 is 1.39 bits per heavy atom. The average Bonchev–Trinajstić information content (AvgIpc) is 3.21. The first kappa shape index (κ1) is 23.7. The molecule has 3 atom stereocenters. The molecule has 33 heavy (non-hydrogen) atoms. The van der Waals surface area contributed by atoms with Crippen molar-refractivity contribution < 1.29 is 14.6 Å². The van der Waals surface area contributed by atoms with Crippen LogP contribution in [0.15, 0.2) is 30.7 Å². The summed E-state index contributed by atoms with van der Waals surface area (Å²) in [6.07, 6.45) is 9.71. The maximum Gasteiger partial charge on any atom is 0.218 e. The highest BCUT2D eigenvalue weighted by Crippen LogP contribution is 2.48. The number of pyridine rings is 1. The van der Waals surface area contributed by atoms with Gasteiger partial charge in [-0.15, -0.1) is 0 Å². The fourth-order valence-corrected chi connectivity index (χ4v) is 4.89. The highest BCUT2D eigenvalue weighted by atomic mass is 16.5. The molecule has 0 unspecified atom stereocenters. The van der Waals surface area contributed by atoms with E-state index < -0.39 is 12.1 Å². The van der Waals surface area contributed by atoms with Crippen LogP contribution >= 0.6 is 0 Å². The van der Waals surface area contributed by atoms with Crippen molar-refractivity contribution >= 4 is 5.91 Å². The highest BCUT2D eigenvalue weighted by molar-refractivity contribution is 5.73. The standard InChI is InChI=1S/C25H37N5O3/c1-17(31)29-21(16-30-10-6-9-28-30)22(32)15-26-20-13-25(7-5-8-25)33-23-19(20)11-18(14-27-23)12-24(2,3)4/h6,9-11,14,20-22,26,32H,5,7-8,12-13,15-16H2,1-4H3,(H,29,31)/t20-,21-,22-/m0/s1. The molecule has 0 bridgehead atoms. The molecule has 180 valence electrons. The molecule has 2 aromatic heterocycles. The van der Waals surface area contributed by atoms with Crippen LogP contribution in [0.3, 0.4) is 0 Å². The first-order chi connectivity index (χ1) is 15.6. The van der Waals surface area contributed by atoms with Crippen LogP contribution in [-0.4, -0.2) is 50.1 Å². The second-order valence-electron chi connectivity index (χ2n) is 10.9. The smallest absolute Gasteiger partial charge is 0.218 e. The lowest BCUT2D eigenvalue weighted by molar-refractivity contribution is -0.120. The van der Waals surface area contributed by atoms with Crippen LogP contribution in [0, 0.1) is 5.41 Å². The zero-order valence-corrected chi connectivity index (χ0v) is 20.2. The minimum Gasteiger partial charge on any atom is -0.471 e. The van der Waals surface area contributed by atoms with Gasteiger partial charge in [0.05, 0.1) is 18.7 Å². The van der Waals surface area contributed by atoms with Gasteiger partial charge in [-0.2, -0.15) is 5.10 Å². The van der Waals surface area contributed by atoms with Crippen molar-refractivity contribution in [2.24, 2.45) is 5.41 Å². The monoisotopic (exact) mass is 455 g/mol. The first-order valence-corrected chi connectivity index (χ1v) is 12.0. The van der Waals surface area contributed by atoms with Gasteiger partial charge in [-0.3, -0.25) is 9.48 Å². The number of aromatic nitrogens is 3. The Morgan fingerprint density at radius 2 is 2.18 bits per heavy atom. The molecule has 1 saturated carbocycles. The number of fused-ring (bicyclic) bond motifs is 1. The Balaban J connectivity index is 1.49. The summed E-state index contributed by atoms with van der Waals surface area (Å²) in [5.41, 5.74) is 2.26. The number of nitrogens with one attached hydrogen (secondary N) is 2. The minimum absolute atomic E-state index is 0.0406. The van der Waals surface area contributed by atoms with Gasteiger partial charge in [-0.1, -0.05) is 20.8 Å². The molecule has 2 aliphatic rings. The summed E-state index contributed by atoms with van der Waals surface area (Å²) in [5.74, 6) is 0.535. The SMILES string of the molecule is CC(=O)N[C@@H](Cn1cccn1)[C@@H](O)CN[C@H]1CC2(CCC2)Oc2ncc(CC(C)(C)C)cc21. The molecule has 8 heteroatoms. The number of hydrogen-bond donors (Lipinski definition) is 3. The van der Waals surface area contributed by atoms with Gasteiger partial charge in [0, 0.05) is 50.1 Å². The topological polar surface area (TPSA) is 101 Å². The summed E-state index contributed by atoms with van der Waals surface area (Å²) in [5, 5.41) is 21.6. The van der Waals surface area contributed by atoms with E-state index in [1.54, 1.807) is 10.9 Å². The lowest BCUT2D eigenvalue weighted by Crippen LogP contribution is -2.52. The van der Waals surface area contributed by atoms with E-state index in [1.165, 1.54) is 18.9 Å². The maximum absolute atomic E-state index is 11.7. The van der Waals surface area contributed by atoms with Gasteiger partial charge in [0.15, 0.2) is 0 Å². The number of nitrogens with zero attached hydrogens (tertiary/aromatic N) is 3. The van der Waals surface area contributed by atoms with Gasteiger partial charge in [0.2, 0.25) is 11.8 Å². The fourth-order valence-electron chi connectivity index (χ4n) is 4.89. The summed E-state index contributed by atoms with van der Waals surface area (Å²) < 4.78 is 8.09. The third-order valence-electron chi connectivity index (χ3n) is 6.57. The van der Waals surface area contributed by atoms with Crippen molar-refractivity contribution in [3.8, 4) is 5.88 Å². The Hall–Kier alpha value is -2.45. The fraction of sp³-hybridized carbons (Fsp3) is 0.640. The average molecular weight is 456 g/mol. The molecule has 1 fully saturated rings. The Morgan fingerprint density at radius 3 is 2.79 bits per heavy atom. The lowest BCUT2D eigenvalue weighted by Gasteiger charge is -2.47. The molecule has 0 saturated heterocycles. The third-order valence-corrected chi connectivity index (χ3v) is 6.57. The van der Waals surface area contributed by atoms with Crippen molar-refractivity contribution in [2.45, 2.75) is 90.1 Å².